The summed E-state index contributed by atoms with van der Waals surface area (Å²) in [6.45, 7) is 6.24. The highest BCUT2D eigenvalue weighted by Gasteiger charge is 2.49. The molecule has 0 aliphatic heterocycles. The predicted octanol–water partition coefficient (Wildman–Crippen LogP) is 4.23. The van der Waals surface area contributed by atoms with Crippen molar-refractivity contribution in [3.8, 4) is 0 Å². The van der Waals surface area contributed by atoms with Crippen LogP contribution in [0.15, 0.2) is 22.7 Å². The zero-order valence-corrected chi connectivity index (χ0v) is 12.0. The molecule has 0 spiro atoms. The third-order valence-electron chi connectivity index (χ3n) is 3.82. The van der Waals surface area contributed by atoms with E-state index in [1.807, 2.05) is 6.92 Å². The van der Waals surface area contributed by atoms with Crippen LogP contribution in [-0.4, -0.2) is 5.11 Å². The predicted molar refractivity (Wildman–Crippen MR) is 70.2 cm³/mol. The number of hydrogen-bond acceptors (Lipinski definition) is 1. The van der Waals surface area contributed by atoms with Crippen LogP contribution in [0, 0.1) is 17.2 Å². The van der Waals surface area contributed by atoms with Gasteiger partial charge in [-0.1, -0.05) is 36.7 Å². The number of benzene rings is 1. The molecule has 1 aromatic rings. The van der Waals surface area contributed by atoms with Crippen molar-refractivity contribution in [2.45, 2.75) is 39.2 Å². The van der Waals surface area contributed by atoms with Crippen LogP contribution in [0.4, 0.5) is 4.39 Å². The van der Waals surface area contributed by atoms with Crippen molar-refractivity contribution in [3.63, 3.8) is 0 Å². The van der Waals surface area contributed by atoms with Crippen molar-refractivity contribution < 1.29 is 9.50 Å². The Labute approximate surface area is 110 Å². The lowest BCUT2D eigenvalue weighted by molar-refractivity contribution is -0.00411. The van der Waals surface area contributed by atoms with Crippen LogP contribution < -0.4 is 0 Å². The summed E-state index contributed by atoms with van der Waals surface area (Å²) in [7, 11) is 0. The summed E-state index contributed by atoms with van der Waals surface area (Å²) in [6, 6.07) is 4.77. The lowest BCUT2D eigenvalue weighted by Gasteiger charge is -2.29. The van der Waals surface area contributed by atoms with Gasteiger partial charge in [-0.25, -0.2) is 4.39 Å². The van der Waals surface area contributed by atoms with Crippen molar-refractivity contribution in [2.75, 3.05) is 0 Å². The number of rotatable bonds is 1. The van der Waals surface area contributed by atoms with E-state index in [9.17, 15) is 9.50 Å². The van der Waals surface area contributed by atoms with E-state index in [4.69, 9.17) is 0 Å². The second-order valence-electron chi connectivity index (χ2n) is 5.99. The fraction of sp³-hybridized carbons (Fsp3) is 0.571. The van der Waals surface area contributed by atoms with E-state index < -0.39 is 5.60 Å². The SMILES string of the molecule is CC1CC(C)(C)CC1(O)c1cc(Br)ccc1F. The van der Waals surface area contributed by atoms with Gasteiger partial charge in [0.15, 0.2) is 0 Å². The quantitative estimate of drug-likeness (QED) is 0.823. The molecule has 1 saturated carbocycles. The topological polar surface area (TPSA) is 20.2 Å². The molecular formula is C14H18BrFO. The first-order chi connectivity index (χ1) is 7.74. The van der Waals surface area contributed by atoms with E-state index in [0.717, 1.165) is 10.9 Å². The van der Waals surface area contributed by atoms with Crippen LogP contribution in [-0.2, 0) is 5.60 Å². The molecule has 2 unspecified atom stereocenters. The van der Waals surface area contributed by atoms with E-state index in [-0.39, 0.29) is 17.2 Å². The van der Waals surface area contributed by atoms with Crippen LogP contribution in [0.1, 0.15) is 39.2 Å². The fourth-order valence-electron chi connectivity index (χ4n) is 3.16. The van der Waals surface area contributed by atoms with Crippen molar-refractivity contribution in [1.82, 2.24) is 0 Å². The lowest BCUT2D eigenvalue weighted by Crippen LogP contribution is -2.30. The van der Waals surface area contributed by atoms with Crippen molar-refractivity contribution >= 4 is 15.9 Å². The smallest absolute Gasteiger partial charge is 0.129 e. The lowest BCUT2D eigenvalue weighted by atomic mass is 9.83. The molecule has 0 heterocycles. The van der Waals surface area contributed by atoms with Crippen molar-refractivity contribution in [3.05, 3.63) is 34.1 Å². The standard InChI is InChI=1S/C14H18BrFO/c1-9-7-13(2,3)8-14(9,17)11-6-10(15)4-5-12(11)16/h4-6,9,17H,7-8H2,1-3H3. The highest BCUT2D eigenvalue weighted by Crippen LogP contribution is 2.53. The Kier molecular flexibility index (Phi) is 3.11. The number of aliphatic hydroxyl groups is 1. The highest BCUT2D eigenvalue weighted by atomic mass is 79.9. The molecule has 1 fully saturated rings. The largest absolute Gasteiger partial charge is 0.385 e. The van der Waals surface area contributed by atoms with Gasteiger partial charge >= 0.3 is 0 Å². The van der Waals surface area contributed by atoms with Crippen LogP contribution in [0.5, 0.6) is 0 Å². The van der Waals surface area contributed by atoms with Gasteiger partial charge in [0.2, 0.25) is 0 Å². The van der Waals surface area contributed by atoms with E-state index in [1.165, 1.54) is 6.07 Å². The van der Waals surface area contributed by atoms with Crippen LogP contribution in [0.2, 0.25) is 0 Å². The maximum absolute atomic E-state index is 13.9. The molecule has 1 nitrogen and oxygen atoms in total. The van der Waals surface area contributed by atoms with E-state index in [2.05, 4.69) is 29.8 Å². The Bertz CT molecular complexity index is 444. The Balaban J connectivity index is 2.48. The van der Waals surface area contributed by atoms with E-state index in [0.29, 0.717) is 12.0 Å². The maximum Gasteiger partial charge on any atom is 0.129 e. The first kappa shape index (κ1) is 13.0. The molecule has 2 atom stereocenters. The molecule has 2 rings (SSSR count). The van der Waals surface area contributed by atoms with Gasteiger partial charge in [0.25, 0.3) is 0 Å². The molecule has 1 aliphatic carbocycles. The Hall–Kier alpha value is -0.410. The molecule has 1 aliphatic rings. The van der Waals surface area contributed by atoms with Crippen LogP contribution >= 0.6 is 15.9 Å². The molecule has 1 N–H and O–H groups in total. The zero-order chi connectivity index (χ0) is 12.8. The highest BCUT2D eigenvalue weighted by molar-refractivity contribution is 9.10. The van der Waals surface area contributed by atoms with Gasteiger partial charge in [0.1, 0.15) is 5.82 Å². The second-order valence-corrected chi connectivity index (χ2v) is 6.91. The van der Waals surface area contributed by atoms with Gasteiger partial charge in [0, 0.05) is 10.0 Å². The second kappa shape index (κ2) is 4.06. The van der Waals surface area contributed by atoms with Crippen LogP contribution in [0.3, 0.4) is 0 Å². The summed E-state index contributed by atoms with van der Waals surface area (Å²) in [5.41, 5.74) is -0.565. The van der Waals surface area contributed by atoms with Gasteiger partial charge in [-0.2, -0.15) is 0 Å². The third-order valence-corrected chi connectivity index (χ3v) is 4.31. The molecule has 0 aromatic heterocycles. The maximum atomic E-state index is 13.9. The summed E-state index contributed by atoms with van der Waals surface area (Å²) in [5.74, 6) is -0.249. The third kappa shape index (κ3) is 2.27. The minimum absolute atomic E-state index is 0.0585. The molecule has 0 radical (unpaired) electrons. The van der Waals surface area contributed by atoms with Gasteiger partial charge in [-0.15, -0.1) is 0 Å². The van der Waals surface area contributed by atoms with Gasteiger partial charge < -0.3 is 5.11 Å². The van der Waals surface area contributed by atoms with E-state index >= 15 is 0 Å². The molecule has 1 aromatic carbocycles. The first-order valence-corrected chi connectivity index (χ1v) is 6.72. The normalized spacial score (nSPS) is 31.8. The molecule has 94 valence electrons. The molecule has 3 heteroatoms. The minimum Gasteiger partial charge on any atom is -0.385 e. The fourth-order valence-corrected chi connectivity index (χ4v) is 3.52. The Morgan fingerprint density at radius 2 is 2.06 bits per heavy atom. The Morgan fingerprint density at radius 3 is 2.59 bits per heavy atom. The van der Waals surface area contributed by atoms with Crippen LogP contribution in [0.25, 0.3) is 0 Å². The van der Waals surface area contributed by atoms with Crippen molar-refractivity contribution in [1.29, 1.82) is 0 Å². The summed E-state index contributed by atoms with van der Waals surface area (Å²) in [4.78, 5) is 0. The Morgan fingerprint density at radius 1 is 1.41 bits per heavy atom. The summed E-state index contributed by atoms with van der Waals surface area (Å²) >= 11 is 3.34. The molecular weight excluding hydrogens is 283 g/mol. The van der Waals surface area contributed by atoms with Crippen molar-refractivity contribution in [2.24, 2.45) is 11.3 Å². The van der Waals surface area contributed by atoms with Gasteiger partial charge in [-0.3, -0.25) is 0 Å². The summed E-state index contributed by atoms with van der Waals surface area (Å²) < 4.78 is 14.7. The molecule has 0 amide bonds. The average Bonchev–Trinajstić information content (AvgIpc) is 2.40. The number of hydrogen-bond donors (Lipinski definition) is 1. The average molecular weight is 301 g/mol. The monoisotopic (exact) mass is 300 g/mol. The summed E-state index contributed by atoms with van der Waals surface area (Å²) in [6.07, 6.45) is 1.52. The van der Waals surface area contributed by atoms with E-state index in [1.54, 1.807) is 12.1 Å². The summed E-state index contributed by atoms with van der Waals surface area (Å²) in [5, 5.41) is 10.8. The number of halogens is 2. The first-order valence-electron chi connectivity index (χ1n) is 5.92. The molecule has 17 heavy (non-hydrogen) atoms. The zero-order valence-electron chi connectivity index (χ0n) is 10.4. The molecule has 0 saturated heterocycles. The molecule has 0 bridgehead atoms. The van der Waals surface area contributed by atoms with Gasteiger partial charge in [0.05, 0.1) is 5.60 Å². The minimum atomic E-state index is -1.04. The van der Waals surface area contributed by atoms with Gasteiger partial charge in [-0.05, 0) is 42.4 Å².